The van der Waals surface area contributed by atoms with Gasteiger partial charge >= 0.3 is 11.9 Å². The Hall–Kier alpha value is -1.10. The lowest BCUT2D eigenvalue weighted by atomic mass is 10.0. The Kier molecular flexibility index (Phi) is 57.2. The Morgan fingerprint density at radius 1 is 0.273 bits per heavy atom. The van der Waals surface area contributed by atoms with Gasteiger partial charge in [0.25, 0.3) is 0 Å². The van der Waals surface area contributed by atoms with Gasteiger partial charge in [0.2, 0.25) is 0 Å². The summed E-state index contributed by atoms with van der Waals surface area (Å²) in [5.74, 6) is -0.362. The molecule has 0 bridgehead atoms. The van der Waals surface area contributed by atoms with Gasteiger partial charge < -0.3 is 14.2 Å². The quantitative estimate of drug-likeness (QED) is 0.0449. The summed E-state index contributed by atoms with van der Waals surface area (Å²) in [4.78, 5) is 25.5. The van der Waals surface area contributed by atoms with Gasteiger partial charge in [-0.1, -0.05) is 323 Å². The fourth-order valence-corrected chi connectivity index (χ4v) is 9.57. The minimum Gasteiger partial charge on any atom is -0.462 e. The second kappa shape index (κ2) is 58.2. The highest BCUT2D eigenvalue weighted by Gasteiger charge is 2.18. The molecule has 5 nitrogen and oxygen atoms in total. The van der Waals surface area contributed by atoms with E-state index in [0.717, 1.165) is 32.1 Å². The number of unbranched alkanes of at least 4 members (excludes halogenated alkanes) is 47. The third-order valence-corrected chi connectivity index (χ3v) is 14.1. The van der Waals surface area contributed by atoms with E-state index < -0.39 is 6.10 Å². The van der Waals surface area contributed by atoms with Crippen LogP contribution in [0.3, 0.4) is 0 Å². The fraction of sp³-hybridized carbons (Fsp3) is 0.967. The van der Waals surface area contributed by atoms with Gasteiger partial charge in [0, 0.05) is 19.4 Å². The van der Waals surface area contributed by atoms with Crippen molar-refractivity contribution in [2.24, 2.45) is 0 Å². The van der Waals surface area contributed by atoms with Crippen LogP contribution in [0.1, 0.15) is 355 Å². The Morgan fingerprint density at radius 2 is 0.500 bits per heavy atom. The van der Waals surface area contributed by atoms with Crippen LogP contribution in [0.2, 0.25) is 0 Å². The van der Waals surface area contributed by atoms with Crippen LogP contribution in [0.5, 0.6) is 0 Å². The Bertz CT molecular complexity index is 921. The average Bonchev–Trinajstić information content (AvgIpc) is 3.32. The van der Waals surface area contributed by atoms with Crippen molar-refractivity contribution < 1.29 is 23.8 Å². The highest BCUT2D eigenvalue weighted by atomic mass is 16.6. The minimum atomic E-state index is -0.524. The molecule has 0 saturated heterocycles. The maximum Gasteiger partial charge on any atom is 0.306 e. The van der Waals surface area contributed by atoms with Crippen molar-refractivity contribution in [3.63, 3.8) is 0 Å². The molecule has 0 aliphatic carbocycles. The van der Waals surface area contributed by atoms with Crippen LogP contribution in [0.25, 0.3) is 0 Å². The highest BCUT2D eigenvalue weighted by Crippen LogP contribution is 2.18. The van der Waals surface area contributed by atoms with Crippen LogP contribution in [-0.2, 0) is 23.8 Å². The van der Waals surface area contributed by atoms with Crippen LogP contribution in [0.4, 0.5) is 0 Å². The summed E-state index contributed by atoms with van der Waals surface area (Å²) < 4.78 is 17.5. The normalized spacial score (nSPS) is 12.0. The molecular formula is C61H120O5. The van der Waals surface area contributed by atoms with Crippen LogP contribution in [-0.4, -0.2) is 37.9 Å². The van der Waals surface area contributed by atoms with E-state index in [1.165, 1.54) is 289 Å². The Labute approximate surface area is 414 Å². The first-order valence-electron chi connectivity index (χ1n) is 30.6. The number of ether oxygens (including phenoxy) is 3. The van der Waals surface area contributed by atoms with Crippen molar-refractivity contribution in [1.29, 1.82) is 0 Å². The summed E-state index contributed by atoms with van der Waals surface area (Å²) in [6.07, 6.45) is 67.0. The molecule has 1 atom stereocenters. The number of esters is 2. The van der Waals surface area contributed by atoms with Gasteiger partial charge in [0.15, 0.2) is 6.10 Å². The van der Waals surface area contributed by atoms with E-state index in [9.17, 15) is 9.59 Å². The molecule has 0 amide bonds. The van der Waals surface area contributed by atoms with Gasteiger partial charge in [-0.3, -0.25) is 9.59 Å². The van der Waals surface area contributed by atoms with E-state index in [-0.39, 0.29) is 18.5 Å². The van der Waals surface area contributed by atoms with Gasteiger partial charge in [-0.05, 0) is 19.3 Å². The Balaban J connectivity index is 4.17. The second-order valence-electron chi connectivity index (χ2n) is 21.0. The largest absolute Gasteiger partial charge is 0.462 e. The van der Waals surface area contributed by atoms with E-state index in [4.69, 9.17) is 14.2 Å². The lowest BCUT2D eigenvalue weighted by Gasteiger charge is -2.18. The second-order valence-corrected chi connectivity index (χ2v) is 21.0. The molecule has 0 radical (unpaired) electrons. The summed E-state index contributed by atoms with van der Waals surface area (Å²) in [6, 6.07) is 0. The minimum absolute atomic E-state index is 0.0987. The summed E-state index contributed by atoms with van der Waals surface area (Å²) in [5.41, 5.74) is 0. The maximum atomic E-state index is 12.9. The van der Waals surface area contributed by atoms with Crippen LogP contribution in [0.15, 0.2) is 0 Å². The van der Waals surface area contributed by atoms with Crippen molar-refractivity contribution in [2.45, 2.75) is 361 Å². The van der Waals surface area contributed by atoms with Crippen LogP contribution in [0, 0.1) is 0 Å². The van der Waals surface area contributed by atoms with E-state index >= 15 is 0 Å². The predicted octanol–water partition coefficient (Wildman–Crippen LogP) is 20.8. The molecule has 66 heavy (non-hydrogen) atoms. The predicted molar refractivity (Wildman–Crippen MR) is 289 cm³/mol. The molecule has 0 aromatic rings. The maximum absolute atomic E-state index is 12.9. The lowest BCUT2D eigenvalue weighted by molar-refractivity contribution is -0.163. The molecule has 0 rings (SSSR count). The number of hydrogen-bond acceptors (Lipinski definition) is 5. The average molecular weight is 934 g/mol. The monoisotopic (exact) mass is 933 g/mol. The van der Waals surface area contributed by atoms with Gasteiger partial charge in [0.05, 0.1) is 6.61 Å². The van der Waals surface area contributed by atoms with Crippen LogP contribution >= 0.6 is 0 Å². The molecule has 5 heteroatoms. The summed E-state index contributed by atoms with van der Waals surface area (Å²) in [6.45, 7) is 7.94. The number of carbonyl (C=O) groups is 2. The van der Waals surface area contributed by atoms with Crippen LogP contribution < -0.4 is 0 Å². The zero-order valence-corrected chi connectivity index (χ0v) is 45.5. The zero-order valence-electron chi connectivity index (χ0n) is 45.5. The van der Waals surface area contributed by atoms with Crippen molar-refractivity contribution in [1.82, 2.24) is 0 Å². The van der Waals surface area contributed by atoms with Gasteiger partial charge in [-0.15, -0.1) is 0 Å². The fourth-order valence-electron chi connectivity index (χ4n) is 9.57. The first-order chi connectivity index (χ1) is 32.6. The number of carbonyl (C=O) groups excluding carboxylic acids is 2. The molecule has 0 aliphatic rings. The summed E-state index contributed by atoms with van der Waals surface area (Å²) in [5, 5.41) is 0. The van der Waals surface area contributed by atoms with Crippen molar-refractivity contribution in [2.75, 3.05) is 19.8 Å². The topological polar surface area (TPSA) is 61.8 Å². The molecular weight excluding hydrogens is 813 g/mol. The molecule has 1 unspecified atom stereocenters. The molecule has 0 saturated carbocycles. The molecule has 0 N–H and O–H groups in total. The summed E-state index contributed by atoms with van der Waals surface area (Å²) in [7, 11) is 0. The molecule has 0 heterocycles. The molecule has 394 valence electrons. The number of rotatable bonds is 58. The summed E-state index contributed by atoms with van der Waals surface area (Å²) >= 11 is 0. The zero-order chi connectivity index (χ0) is 47.7. The first-order valence-corrected chi connectivity index (χ1v) is 30.6. The van der Waals surface area contributed by atoms with Crippen molar-refractivity contribution >= 4 is 11.9 Å². The van der Waals surface area contributed by atoms with Gasteiger partial charge in [0.1, 0.15) is 6.61 Å². The lowest BCUT2D eigenvalue weighted by Crippen LogP contribution is -2.30. The van der Waals surface area contributed by atoms with Crippen molar-refractivity contribution in [3.8, 4) is 0 Å². The standard InChI is InChI=1S/C61H120O5/c1-4-7-10-13-16-19-22-25-28-30-32-35-38-41-44-47-50-53-56-64-57-59(66-61(63)55-52-49-46-43-40-37-33-27-24-21-18-15-12-9-6-3)58-65-60(62)54-51-48-45-42-39-36-34-31-29-26-23-20-17-14-11-8-5-2/h59H,4-58H2,1-3H3. The van der Waals surface area contributed by atoms with E-state index in [1.807, 2.05) is 0 Å². The molecule has 0 aromatic heterocycles. The molecule has 0 fully saturated rings. The highest BCUT2D eigenvalue weighted by molar-refractivity contribution is 5.70. The van der Waals surface area contributed by atoms with Gasteiger partial charge in [-0.25, -0.2) is 0 Å². The van der Waals surface area contributed by atoms with Gasteiger partial charge in [-0.2, -0.15) is 0 Å². The third-order valence-electron chi connectivity index (χ3n) is 14.1. The van der Waals surface area contributed by atoms with E-state index in [0.29, 0.717) is 26.1 Å². The smallest absolute Gasteiger partial charge is 0.306 e. The number of hydrogen-bond donors (Lipinski definition) is 0. The first kappa shape index (κ1) is 64.9. The molecule has 0 aromatic carbocycles. The van der Waals surface area contributed by atoms with E-state index in [2.05, 4.69) is 20.8 Å². The molecule has 0 aliphatic heterocycles. The third kappa shape index (κ3) is 55.5. The Morgan fingerprint density at radius 3 is 0.773 bits per heavy atom. The molecule has 0 spiro atoms. The van der Waals surface area contributed by atoms with E-state index in [1.54, 1.807) is 0 Å². The van der Waals surface area contributed by atoms with Crippen molar-refractivity contribution in [3.05, 3.63) is 0 Å². The SMILES string of the molecule is CCCCCCCCCCCCCCCCCCCCOCC(COC(=O)CCCCCCCCCCCCCCCCCCC)OC(=O)CCCCCCCCCCCCCCCCC.